The lowest BCUT2D eigenvalue weighted by atomic mass is 10.1. The van der Waals surface area contributed by atoms with Crippen molar-refractivity contribution < 1.29 is 18.0 Å². The lowest BCUT2D eigenvalue weighted by Gasteiger charge is -2.33. The minimum absolute atomic E-state index is 0.0159. The zero-order chi connectivity index (χ0) is 29.4. The van der Waals surface area contributed by atoms with E-state index < -0.39 is 28.5 Å². The van der Waals surface area contributed by atoms with Crippen molar-refractivity contribution in [2.24, 2.45) is 0 Å². The van der Waals surface area contributed by atoms with E-state index >= 15 is 0 Å². The molecule has 0 bridgehead atoms. The van der Waals surface area contributed by atoms with Crippen molar-refractivity contribution in [1.82, 2.24) is 10.2 Å². The number of anilines is 1. The van der Waals surface area contributed by atoms with E-state index in [2.05, 4.69) is 5.32 Å². The highest BCUT2D eigenvalue weighted by molar-refractivity contribution is 7.92. The summed E-state index contributed by atoms with van der Waals surface area (Å²) < 4.78 is 28.9. The monoisotopic (exact) mass is 623 g/mol. The van der Waals surface area contributed by atoms with Crippen LogP contribution in [0.1, 0.15) is 37.8 Å². The van der Waals surface area contributed by atoms with Crippen molar-refractivity contribution in [2.75, 3.05) is 17.4 Å². The van der Waals surface area contributed by atoms with Crippen molar-refractivity contribution in [3.8, 4) is 0 Å². The molecular formula is C29H32Cl3N3O4S. The van der Waals surface area contributed by atoms with Crippen molar-refractivity contribution in [3.05, 3.63) is 92.9 Å². The van der Waals surface area contributed by atoms with Gasteiger partial charge in [-0.25, -0.2) is 8.42 Å². The topological polar surface area (TPSA) is 86.8 Å². The fourth-order valence-electron chi connectivity index (χ4n) is 4.22. The predicted octanol–water partition coefficient (Wildman–Crippen LogP) is 6.48. The van der Waals surface area contributed by atoms with Crippen LogP contribution in [-0.4, -0.2) is 44.3 Å². The summed E-state index contributed by atoms with van der Waals surface area (Å²) in [5, 5.41) is 3.96. The quantitative estimate of drug-likeness (QED) is 0.250. The van der Waals surface area contributed by atoms with Crippen LogP contribution >= 0.6 is 34.8 Å². The molecule has 40 heavy (non-hydrogen) atoms. The normalized spacial score (nSPS) is 12.1. The highest BCUT2D eigenvalue weighted by atomic mass is 35.5. The van der Waals surface area contributed by atoms with Crippen LogP contribution < -0.4 is 9.62 Å². The highest BCUT2D eigenvalue weighted by Crippen LogP contribution is 2.31. The maximum Gasteiger partial charge on any atom is 0.264 e. The van der Waals surface area contributed by atoms with Gasteiger partial charge in [0.05, 0.1) is 10.6 Å². The Balaban J connectivity index is 2.10. The molecule has 0 aliphatic carbocycles. The molecule has 0 heterocycles. The smallest absolute Gasteiger partial charge is 0.264 e. The molecule has 3 rings (SSSR count). The summed E-state index contributed by atoms with van der Waals surface area (Å²) >= 11 is 18.9. The molecule has 0 unspecified atom stereocenters. The first-order valence-electron chi connectivity index (χ1n) is 12.8. The van der Waals surface area contributed by atoms with Crippen LogP contribution in [0, 0.1) is 6.92 Å². The van der Waals surface area contributed by atoms with Gasteiger partial charge in [0.25, 0.3) is 10.0 Å². The van der Waals surface area contributed by atoms with E-state index in [9.17, 15) is 18.0 Å². The van der Waals surface area contributed by atoms with Crippen molar-refractivity contribution in [2.45, 2.75) is 51.1 Å². The summed E-state index contributed by atoms with van der Waals surface area (Å²) in [6, 6.07) is 16.7. The zero-order valence-corrected chi connectivity index (χ0v) is 25.6. The predicted molar refractivity (Wildman–Crippen MR) is 162 cm³/mol. The first kappa shape index (κ1) is 31.7. The van der Waals surface area contributed by atoms with Crippen molar-refractivity contribution >= 4 is 62.3 Å². The highest BCUT2D eigenvalue weighted by Gasteiger charge is 2.34. The van der Waals surface area contributed by atoms with E-state index in [1.807, 2.05) is 6.92 Å². The molecule has 0 aliphatic heterocycles. The maximum atomic E-state index is 14.1. The lowest BCUT2D eigenvalue weighted by Crippen LogP contribution is -2.52. The number of benzene rings is 3. The first-order valence-corrected chi connectivity index (χ1v) is 15.4. The lowest BCUT2D eigenvalue weighted by molar-refractivity contribution is -0.140. The summed E-state index contributed by atoms with van der Waals surface area (Å²) in [6.45, 7) is 5.25. The van der Waals surface area contributed by atoms with Gasteiger partial charge in [0.15, 0.2) is 0 Å². The van der Waals surface area contributed by atoms with Gasteiger partial charge in [-0.1, -0.05) is 79.0 Å². The second-order valence-corrected chi connectivity index (χ2v) is 12.3. The average Bonchev–Trinajstić information content (AvgIpc) is 2.93. The molecule has 0 saturated carbocycles. The number of hydrogen-bond acceptors (Lipinski definition) is 4. The van der Waals surface area contributed by atoms with Gasteiger partial charge in [-0.05, 0) is 67.3 Å². The van der Waals surface area contributed by atoms with Crippen LogP contribution in [0.4, 0.5) is 5.69 Å². The molecular weight excluding hydrogens is 593 g/mol. The third kappa shape index (κ3) is 7.49. The second-order valence-electron chi connectivity index (χ2n) is 9.18. The number of hydrogen-bond donors (Lipinski definition) is 1. The van der Waals surface area contributed by atoms with Gasteiger partial charge in [0.1, 0.15) is 12.6 Å². The molecule has 0 radical (unpaired) electrons. The fraction of sp³-hybridized carbons (Fsp3) is 0.310. The van der Waals surface area contributed by atoms with Crippen LogP contribution in [0.5, 0.6) is 0 Å². The number of amides is 2. The number of carbonyl (C=O) groups excluding carboxylic acids is 2. The third-order valence-corrected chi connectivity index (χ3v) is 9.18. The zero-order valence-electron chi connectivity index (χ0n) is 22.5. The molecule has 0 aliphatic rings. The summed E-state index contributed by atoms with van der Waals surface area (Å²) in [7, 11) is -4.19. The Morgan fingerprint density at radius 3 is 2.25 bits per heavy atom. The largest absolute Gasteiger partial charge is 0.354 e. The van der Waals surface area contributed by atoms with E-state index in [4.69, 9.17) is 34.8 Å². The molecule has 214 valence electrons. The van der Waals surface area contributed by atoms with E-state index in [-0.39, 0.29) is 23.0 Å². The Kier molecular flexibility index (Phi) is 11.3. The van der Waals surface area contributed by atoms with Gasteiger partial charge in [0.2, 0.25) is 11.8 Å². The van der Waals surface area contributed by atoms with Crippen LogP contribution in [0.3, 0.4) is 0 Å². The fourth-order valence-corrected chi connectivity index (χ4v) is 6.35. The van der Waals surface area contributed by atoms with Crippen LogP contribution in [0.15, 0.2) is 71.6 Å². The minimum atomic E-state index is -4.19. The first-order chi connectivity index (χ1) is 19.0. The molecule has 2 amide bonds. The van der Waals surface area contributed by atoms with E-state index in [1.54, 1.807) is 68.4 Å². The SMILES string of the molecule is CCCNC(=O)[C@H](CC)N(Cc1ccc(Cl)cc1Cl)C(=O)CN(c1cccc(Cl)c1C)S(=O)(=O)c1ccccc1. The Hall–Kier alpha value is -2.78. The van der Waals surface area contributed by atoms with Gasteiger partial charge in [0, 0.05) is 28.2 Å². The van der Waals surface area contributed by atoms with E-state index in [0.29, 0.717) is 39.2 Å². The molecule has 11 heteroatoms. The average molecular weight is 625 g/mol. The summed E-state index contributed by atoms with van der Waals surface area (Å²) in [6.07, 6.45) is 1.02. The molecule has 7 nitrogen and oxygen atoms in total. The molecule has 0 saturated heterocycles. The Bertz CT molecular complexity index is 1450. The molecule has 1 N–H and O–H groups in total. The standard InChI is InChI=1S/C29H32Cl3N3O4S/c1-4-16-33-29(37)26(5-2)34(18-21-14-15-22(30)17-25(21)32)28(36)19-35(27-13-9-12-24(31)20(27)3)40(38,39)23-10-7-6-8-11-23/h6-15,17,26H,4-5,16,18-19H2,1-3H3,(H,33,37)/t26-/m0/s1. The van der Waals surface area contributed by atoms with Gasteiger partial charge < -0.3 is 10.2 Å². The Morgan fingerprint density at radius 1 is 0.925 bits per heavy atom. The van der Waals surface area contributed by atoms with Gasteiger partial charge >= 0.3 is 0 Å². The third-order valence-electron chi connectivity index (χ3n) is 6.41. The van der Waals surface area contributed by atoms with Gasteiger partial charge in [-0.2, -0.15) is 0 Å². The van der Waals surface area contributed by atoms with Crippen molar-refractivity contribution in [3.63, 3.8) is 0 Å². The Morgan fingerprint density at radius 2 is 1.62 bits per heavy atom. The van der Waals surface area contributed by atoms with E-state index in [1.165, 1.54) is 17.0 Å². The number of halogens is 3. The molecule has 0 spiro atoms. The van der Waals surface area contributed by atoms with Crippen LogP contribution in [0.2, 0.25) is 15.1 Å². The Labute approximate surface area is 251 Å². The number of rotatable bonds is 12. The van der Waals surface area contributed by atoms with E-state index in [0.717, 1.165) is 10.7 Å². The number of sulfonamides is 1. The number of nitrogens with one attached hydrogen (secondary N) is 1. The number of carbonyl (C=O) groups is 2. The summed E-state index contributed by atoms with van der Waals surface area (Å²) in [5.41, 5.74) is 1.33. The molecule has 3 aromatic carbocycles. The van der Waals surface area contributed by atoms with Crippen LogP contribution in [0.25, 0.3) is 0 Å². The molecule has 3 aromatic rings. The maximum absolute atomic E-state index is 14.1. The summed E-state index contributed by atoms with van der Waals surface area (Å²) in [5.74, 6) is -0.914. The van der Waals surface area contributed by atoms with Gasteiger partial charge in [-0.15, -0.1) is 0 Å². The minimum Gasteiger partial charge on any atom is -0.354 e. The van der Waals surface area contributed by atoms with Crippen LogP contribution in [-0.2, 0) is 26.2 Å². The molecule has 0 aromatic heterocycles. The summed E-state index contributed by atoms with van der Waals surface area (Å²) in [4.78, 5) is 28.7. The number of nitrogens with zero attached hydrogens (tertiary/aromatic N) is 2. The molecule has 0 fully saturated rings. The second kappa shape index (κ2) is 14.2. The van der Waals surface area contributed by atoms with Gasteiger partial charge in [-0.3, -0.25) is 13.9 Å². The molecule has 1 atom stereocenters. The van der Waals surface area contributed by atoms with Crippen molar-refractivity contribution in [1.29, 1.82) is 0 Å².